The Labute approximate surface area is 109 Å². The fourth-order valence-electron chi connectivity index (χ4n) is 1.89. The van der Waals surface area contributed by atoms with Gasteiger partial charge in [-0.1, -0.05) is 13.8 Å². The monoisotopic (exact) mass is 256 g/mol. The fourth-order valence-corrected chi connectivity index (χ4v) is 2.89. The molecule has 1 rings (SSSR count). The summed E-state index contributed by atoms with van der Waals surface area (Å²) in [5, 5.41) is 10.3. The number of aliphatic hydroxyl groups is 1. The van der Waals surface area contributed by atoms with Crippen LogP contribution in [0.1, 0.15) is 43.9 Å². The van der Waals surface area contributed by atoms with E-state index >= 15 is 0 Å². The Morgan fingerprint density at radius 1 is 1.29 bits per heavy atom. The van der Waals surface area contributed by atoms with E-state index in [9.17, 15) is 5.11 Å². The van der Waals surface area contributed by atoms with Crippen LogP contribution in [0, 0.1) is 0 Å². The molecular weight excluding hydrogens is 232 g/mol. The quantitative estimate of drug-likeness (QED) is 0.810. The van der Waals surface area contributed by atoms with Gasteiger partial charge < -0.3 is 9.84 Å². The van der Waals surface area contributed by atoms with Gasteiger partial charge in [-0.25, -0.2) is 0 Å². The maximum Gasteiger partial charge on any atom is 0.0913 e. The van der Waals surface area contributed by atoms with Crippen molar-refractivity contribution >= 4 is 11.3 Å². The molecular formula is C14H24O2S. The lowest BCUT2D eigenvalue weighted by Gasteiger charge is -2.33. The first-order chi connectivity index (χ1) is 8.05. The molecule has 1 heterocycles. The van der Waals surface area contributed by atoms with Crippen LogP contribution in [-0.2, 0) is 17.6 Å². The van der Waals surface area contributed by atoms with Crippen molar-refractivity contribution in [3.63, 3.8) is 0 Å². The topological polar surface area (TPSA) is 29.5 Å². The summed E-state index contributed by atoms with van der Waals surface area (Å²) in [5.41, 5.74) is -0.425. The van der Waals surface area contributed by atoms with Crippen molar-refractivity contribution < 1.29 is 9.84 Å². The Kier molecular flexibility index (Phi) is 5.63. The van der Waals surface area contributed by atoms with Gasteiger partial charge in [0.2, 0.25) is 0 Å². The molecule has 0 aliphatic rings. The summed E-state index contributed by atoms with van der Waals surface area (Å²) < 4.78 is 5.70. The molecule has 3 heteroatoms. The lowest BCUT2D eigenvalue weighted by molar-refractivity contribution is -0.109. The first-order valence-corrected chi connectivity index (χ1v) is 7.27. The van der Waals surface area contributed by atoms with Gasteiger partial charge in [-0.05, 0) is 38.8 Å². The number of aryl methyl sites for hydroxylation is 1. The molecule has 0 aliphatic carbocycles. The molecule has 0 saturated carbocycles. The van der Waals surface area contributed by atoms with Crippen molar-refractivity contribution in [1.82, 2.24) is 0 Å². The van der Waals surface area contributed by atoms with Crippen LogP contribution in [0.15, 0.2) is 12.1 Å². The lowest BCUT2D eigenvalue weighted by Crippen LogP contribution is -2.42. The highest BCUT2D eigenvalue weighted by Crippen LogP contribution is 2.26. The normalized spacial score (nSPS) is 16.8. The molecule has 2 nitrogen and oxygen atoms in total. The van der Waals surface area contributed by atoms with Crippen LogP contribution in [0.25, 0.3) is 0 Å². The van der Waals surface area contributed by atoms with E-state index in [1.165, 1.54) is 9.75 Å². The van der Waals surface area contributed by atoms with Crippen molar-refractivity contribution in [2.45, 2.75) is 58.7 Å². The molecule has 2 unspecified atom stereocenters. The molecule has 98 valence electrons. The molecule has 0 saturated heterocycles. The summed E-state index contributed by atoms with van der Waals surface area (Å²) in [6.07, 6.45) is 2.15. The van der Waals surface area contributed by atoms with E-state index in [4.69, 9.17) is 4.74 Å². The molecule has 0 fully saturated rings. The largest absolute Gasteiger partial charge is 0.390 e. The highest BCUT2D eigenvalue weighted by atomic mass is 32.1. The third kappa shape index (κ3) is 3.80. The van der Waals surface area contributed by atoms with Gasteiger partial charge in [0.15, 0.2) is 0 Å². The summed E-state index contributed by atoms with van der Waals surface area (Å²) in [5.74, 6) is 0. The van der Waals surface area contributed by atoms with Crippen LogP contribution in [0.2, 0.25) is 0 Å². The number of aliphatic hydroxyl groups excluding tert-OH is 1. The van der Waals surface area contributed by atoms with Gasteiger partial charge >= 0.3 is 0 Å². The molecule has 1 aromatic heterocycles. The van der Waals surface area contributed by atoms with Crippen LogP contribution in [0.3, 0.4) is 0 Å². The van der Waals surface area contributed by atoms with Crippen molar-refractivity contribution in [2.75, 3.05) is 6.61 Å². The van der Waals surface area contributed by atoms with Crippen LogP contribution >= 0.6 is 11.3 Å². The minimum atomic E-state index is -0.434. The average molecular weight is 256 g/mol. The van der Waals surface area contributed by atoms with Gasteiger partial charge in [-0.3, -0.25) is 0 Å². The van der Waals surface area contributed by atoms with Crippen molar-refractivity contribution in [3.8, 4) is 0 Å². The first kappa shape index (κ1) is 14.7. The zero-order chi connectivity index (χ0) is 12.9. The molecule has 0 aromatic carbocycles. The zero-order valence-corrected chi connectivity index (χ0v) is 12.1. The summed E-state index contributed by atoms with van der Waals surface area (Å²) in [6, 6.07) is 4.27. The lowest BCUT2D eigenvalue weighted by atomic mass is 9.93. The van der Waals surface area contributed by atoms with E-state index in [0.717, 1.165) is 12.8 Å². The Hall–Kier alpha value is -0.380. The highest BCUT2D eigenvalue weighted by molar-refractivity contribution is 7.11. The molecule has 0 bridgehead atoms. The van der Waals surface area contributed by atoms with E-state index < -0.39 is 11.7 Å². The summed E-state index contributed by atoms with van der Waals surface area (Å²) in [6.45, 7) is 8.83. The van der Waals surface area contributed by atoms with Crippen LogP contribution in [0.5, 0.6) is 0 Å². The molecule has 0 spiro atoms. The maximum absolute atomic E-state index is 10.3. The predicted molar refractivity (Wildman–Crippen MR) is 73.7 cm³/mol. The maximum atomic E-state index is 10.3. The number of hydrogen-bond donors (Lipinski definition) is 1. The Morgan fingerprint density at radius 2 is 1.94 bits per heavy atom. The third-order valence-corrected chi connectivity index (χ3v) is 4.59. The number of rotatable bonds is 7. The van der Waals surface area contributed by atoms with Crippen LogP contribution < -0.4 is 0 Å². The highest BCUT2D eigenvalue weighted by Gasteiger charge is 2.32. The SMILES string of the molecule is CCOC(C)(CC)C(O)Cc1ccc(CC)s1. The Balaban J connectivity index is 2.66. The van der Waals surface area contributed by atoms with Gasteiger partial charge in [0, 0.05) is 22.8 Å². The number of ether oxygens (including phenoxy) is 1. The molecule has 0 amide bonds. The van der Waals surface area contributed by atoms with Crippen molar-refractivity contribution in [1.29, 1.82) is 0 Å². The second-order valence-electron chi connectivity index (χ2n) is 4.54. The van der Waals surface area contributed by atoms with E-state index in [2.05, 4.69) is 26.0 Å². The average Bonchev–Trinajstić information content (AvgIpc) is 2.76. The smallest absolute Gasteiger partial charge is 0.0913 e. The van der Waals surface area contributed by atoms with E-state index in [1.807, 2.05) is 13.8 Å². The van der Waals surface area contributed by atoms with Crippen LogP contribution in [-0.4, -0.2) is 23.4 Å². The second-order valence-corrected chi connectivity index (χ2v) is 5.79. The second kappa shape index (κ2) is 6.53. The fraction of sp³-hybridized carbons (Fsp3) is 0.714. The van der Waals surface area contributed by atoms with Crippen LogP contribution in [0.4, 0.5) is 0 Å². The number of hydrogen-bond acceptors (Lipinski definition) is 3. The molecule has 17 heavy (non-hydrogen) atoms. The minimum absolute atomic E-state index is 0.425. The zero-order valence-electron chi connectivity index (χ0n) is 11.3. The third-order valence-electron chi connectivity index (χ3n) is 3.34. The van der Waals surface area contributed by atoms with E-state index in [1.54, 1.807) is 11.3 Å². The van der Waals surface area contributed by atoms with Gasteiger partial charge in [-0.15, -0.1) is 11.3 Å². The van der Waals surface area contributed by atoms with Gasteiger partial charge in [-0.2, -0.15) is 0 Å². The summed E-state index contributed by atoms with van der Waals surface area (Å²) >= 11 is 1.79. The van der Waals surface area contributed by atoms with Gasteiger partial charge in [0.25, 0.3) is 0 Å². The first-order valence-electron chi connectivity index (χ1n) is 6.45. The molecule has 0 aliphatic heterocycles. The Morgan fingerprint density at radius 3 is 2.41 bits per heavy atom. The molecule has 0 radical (unpaired) electrons. The van der Waals surface area contributed by atoms with Crippen molar-refractivity contribution in [2.24, 2.45) is 0 Å². The minimum Gasteiger partial charge on any atom is -0.390 e. The standard InChI is InChI=1S/C14H24O2S/c1-5-11-8-9-12(17-11)10-13(15)14(4,6-2)16-7-3/h8-9,13,15H,5-7,10H2,1-4H3. The Bertz CT molecular complexity index is 335. The molecule has 1 N–H and O–H groups in total. The summed E-state index contributed by atoms with van der Waals surface area (Å²) in [7, 11) is 0. The van der Waals surface area contributed by atoms with Crippen molar-refractivity contribution in [3.05, 3.63) is 21.9 Å². The summed E-state index contributed by atoms with van der Waals surface area (Å²) in [4.78, 5) is 2.62. The van der Waals surface area contributed by atoms with Gasteiger partial charge in [0.1, 0.15) is 0 Å². The molecule has 1 aromatic rings. The number of thiophene rings is 1. The van der Waals surface area contributed by atoms with E-state index in [-0.39, 0.29) is 0 Å². The van der Waals surface area contributed by atoms with E-state index in [0.29, 0.717) is 13.0 Å². The molecule has 2 atom stereocenters. The predicted octanol–water partition coefficient (Wildman–Crippen LogP) is 3.42. The van der Waals surface area contributed by atoms with Gasteiger partial charge in [0.05, 0.1) is 11.7 Å².